The third-order valence-corrected chi connectivity index (χ3v) is 6.40. The molecule has 0 amide bonds. The van der Waals surface area contributed by atoms with Gasteiger partial charge in [0.15, 0.2) is 9.84 Å². The second-order valence-corrected chi connectivity index (χ2v) is 8.25. The Morgan fingerprint density at radius 3 is 2.33 bits per heavy atom. The fourth-order valence-electron chi connectivity index (χ4n) is 2.87. The van der Waals surface area contributed by atoms with Gasteiger partial charge in [-0.25, -0.2) is 8.42 Å². The summed E-state index contributed by atoms with van der Waals surface area (Å²) in [5.74, 6) is 1.10. The first-order valence-corrected chi connectivity index (χ1v) is 10.5. The Morgan fingerprint density at radius 1 is 0.926 bits per heavy atom. The molecule has 0 saturated carbocycles. The van der Waals surface area contributed by atoms with Crippen molar-refractivity contribution in [1.29, 1.82) is 0 Å². The molecule has 0 bridgehead atoms. The maximum atomic E-state index is 13.0. The van der Waals surface area contributed by atoms with Crippen LogP contribution in [0.5, 0.6) is 11.5 Å². The van der Waals surface area contributed by atoms with Crippen molar-refractivity contribution in [2.45, 2.75) is 11.0 Å². The third kappa shape index (κ3) is 4.59. The maximum Gasteiger partial charge on any atom is 0.181 e. The van der Waals surface area contributed by atoms with Gasteiger partial charge in [-0.15, -0.1) is 0 Å². The zero-order valence-electron chi connectivity index (χ0n) is 14.9. The van der Waals surface area contributed by atoms with Crippen LogP contribution in [0.1, 0.15) is 0 Å². The van der Waals surface area contributed by atoms with E-state index < -0.39 is 15.9 Å². The number of benzene rings is 3. The molecule has 0 radical (unpaired) electrons. The quantitative estimate of drug-likeness (QED) is 0.534. The molecule has 0 aliphatic rings. The van der Waals surface area contributed by atoms with Gasteiger partial charge in [0, 0.05) is 20.2 Å². The number of ether oxygens (including phenoxy) is 2. The van der Waals surface area contributed by atoms with Gasteiger partial charge in [-0.05, 0) is 24.3 Å². The maximum absolute atomic E-state index is 13.0. The molecular weight excluding hydrogens is 383 g/mol. The highest BCUT2D eigenvalue weighted by Gasteiger charge is 2.24. The van der Waals surface area contributed by atoms with Gasteiger partial charge >= 0.3 is 0 Å². The van der Waals surface area contributed by atoms with Crippen LogP contribution in [0.3, 0.4) is 0 Å². The van der Waals surface area contributed by atoms with E-state index in [1.165, 1.54) is 0 Å². The summed E-state index contributed by atoms with van der Waals surface area (Å²) in [6, 6.07) is 19.7. The fraction of sp³-hybridized carbons (Fsp3) is 0.200. The molecular formula is C20H21O5PS. The van der Waals surface area contributed by atoms with Crippen LogP contribution in [0.15, 0.2) is 71.6 Å². The Morgan fingerprint density at radius 2 is 1.63 bits per heavy atom. The lowest BCUT2D eigenvalue weighted by molar-refractivity contribution is 0.166. The summed E-state index contributed by atoms with van der Waals surface area (Å²) in [5.41, 5.74) is 0. The van der Waals surface area contributed by atoms with Gasteiger partial charge < -0.3 is 14.0 Å². The van der Waals surface area contributed by atoms with E-state index in [1.54, 1.807) is 37.4 Å². The van der Waals surface area contributed by atoms with Crippen molar-refractivity contribution < 1.29 is 22.4 Å². The molecule has 7 heteroatoms. The molecule has 0 N–H and O–H groups in total. The van der Waals surface area contributed by atoms with Crippen molar-refractivity contribution in [3.8, 4) is 11.5 Å². The number of hydrogen-bond acceptors (Lipinski definition) is 5. The Bertz CT molecular complexity index is 1010. The van der Waals surface area contributed by atoms with Gasteiger partial charge in [0.1, 0.15) is 24.2 Å². The van der Waals surface area contributed by atoms with Crippen LogP contribution >= 0.6 is 9.47 Å². The van der Waals surface area contributed by atoms with E-state index in [0.29, 0.717) is 16.9 Å². The second-order valence-electron chi connectivity index (χ2n) is 5.98. The average molecular weight is 404 g/mol. The van der Waals surface area contributed by atoms with Crippen LogP contribution in [-0.4, -0.2) is 34.0 Å². The molecule has 0 spiro atoms. The molecule has 27 heavy (non-hydrogen) atoms. The molecule has 142 valence electrons. The molecule has 0 aliphatic carbocycles. The van der Waals surface area contributed by atoms with Gasteiger partial charge in [0.2, 0.25) is 0 Å². The third-order valence-electron chi connectivity index (χ3n) is 4.17. The van der Waals surface area contributed by atoms with Gasteiger partial charge in [-0.3, -0.25) is 0 Å². The zero-order valence-corrected chi connectivity index (χ0v) is 16.8. The first-order chi connectivity index (χ1) is 13.0. The predicted molar refractivity (Wildman–Crippen MR) is 109 cm³/mol. The van der Waals surface area contributed by atoms with E-state index in [2.05, 4.69) is 9.47 Å². The second kappa shape index (κ2) is 8.70. The summed E-state index contributed by atoms with van der Waals surface area (Å²) >= 11 is 0. The average Bonchev–Trinajstić information content (AvgIpc) is 2.70. The lowest BCUT2D eigenvalue weighted by Gasteiger charge is -2.17. The standard InChI is InChI=1S/C20H21O5PS/c1-23-19-11-5-10-18-17(19)9-6-12-20(18)27(21,22)14-16(25-26)13-24-15-7-3-2-4-8-15/h2-12,16H,13-14,26H2,1H3. The monoisotopic (exact) mass is 404 g/mol. The van der Waals surface area contributed by atoms with E-state index in [4.69, 9.17) is 14.0 Å². The minimum Gasteiger partial charge on any atom is -0.496 e. The van der Waals surface area contributed by atoms with Gasteiger partial charge in [0.25, 0.3) is 0 Å². The number of para-hydroxylation sites is 1. The first kappa shape index (κ1) is 19.6. The van der Waals surface area contributed by atoms with Crippen LogP contribution in [0.4, 0.5) is 0 Å². The van der Waals surface area contributed by atoms with Crippen molar-refractivity contribution in [1.82, 2.24) is 0 Å². The SMILES string of the molecule is COc1cccc2c(S(=O)(=O)CC(COc3ccccc3)OP)cccc12. The lowest BCUT2D eigenvalue weighted by Crippen LogP contribution is -2.28. The number of hydrogen-bond donors (Lipinski definition) is 0. The van der Waals surface area contributed by atoms with Crippen LogP contribution in [0.25, 0.3) is 10.8 Å². The molecule has 2 unspecified atom stereocenters. The Labute approximate surface area is 161 Å². The van der Waals surface area contributed by atoms with Crippen LogP contribution in [0.2, 0.25) is 0 Å². The highest BCUT2D eigenvalue weighted by molar-refractivity contribution is 7.91. The normalized spacial score (nSPS) is 12.7. The Balaban J connectivity index is 1.84. The largest absolute Gasteiger partial charge is 0.496 e. The van der Waals surface area contributed by atoms with E-state index >= 15 is 0 Å². The molecule has 0 aliphatic heterocycles. The molecule has 5 nitrogen and oxygen atoms in total. The lowest BCUT2D eigenvalue weighted by atomic mass is 10.1. The molecule has 3 rings (SSSR count). The van der Waals surface area contributed by atoms with Crippen molar-refractivity contribution in [2.75, 3.05) is 19.5 Å². The highest BCUT2D eigenvalue weighted by atomic mass is 32.2. The summed E-state index contributed by atoms with van der Waals surface area (Å²) in [6.45, 7) is 0.126. The van der Waals surface area contributed by atoms with Crippen LogP contribution in [-0.2, 0) is 14.4 Å². The van der Waals surface area contributed by atoms with Crippen LogP contribution < -0.4 is 9.47 Å². The fourth-order valence-corrected chi connectivity index (χ4v) is 4.83. The highest BCUT2D eigenvalue weighted by Crippen LogP contribution is 2.31. The topological polar surface area (TPSA) is 61.8 Å². The number of fused-ring (bicyclic) bond motifs is 1. The Kier molecular flexibility index (Phi) is 6.32. The van der Waals surface area contributed by atoms with Gasteiger partial charge in [-0.1, -0.05) is 42.5 Å². The van der Waals surface area contributed by atoms with Gasteiger partial charge in [-0.2, -0.15) is 0 Å². The molecule has 3 aromatic carbocycles. The smallest absolute Gasteiger partial charge is 0.181 e. The minimum absolute atomic E-state index is 0.126. The van der Waals surface area contributed by atoms with Crippen molar-refractivity contribution in [2.24, 2.45) is 0 Å². The zero-order chi connectivity index (χ0) is 19.3. The summed E-state index contributed by atoms with van der Waals surface area (Å²) in [7, 11) is 0.0881. The summed E-state index contributed by atoms with van der Waals surface area (Å²) in [5, 5.41) is 1.38. The molecule has 2 atom stereocenters. The summed E-state index contributed by atoms with van der Waals surface area (Å²) < 4.78 is 42.3. The summed E-state index contributed by atoms with van der Waals surface area (Å²) in [4.78, 5) is 0.255. The van der Waals surface area contributed by atoms with Gasteiger partial charge in [0.05, 0.1) is 17.8 Å². The van der Waals surface area contributed by atoms with E-state index in [1.807, 2.05) is 36.4 Å². The van der Waals surface area contributed by atoms with Crippen molar-refractivity contribution >= 4 is 30.1 Å². The van der Waals surface area contributed by atoms with E-state index in [-0.39, 0.29) is 17.3 Å². The van der Waals surface area contributed by atoms with Crippen molar-refractivity contribution in [3.63, 3.8) is 0 Å². The number of sulfone groups is 1. The van der Waals surface area contributed by atoms with Crippen LogP contribution in [0, 0.1) is 0 Å². The molecule has 0 saturated heterocycles. The predicted octanol–water partition coefficient (Wildman–Crippen LogP) is 3.88. The molecule has 0 aromatic heterocycles. The molecule has 3 aromatic rings. The number of rotatable bonds is 8. The minimum atomic E-state index is -3.60. The van der Waals surface area contributed by atoms with Crippen molar-refractivity contribution in [3.05, 3.63) is 66.7 Å². The van der Waals surface area contributed by atoms with E-state index in [9.17, 15) is 8.42 Å². The number of methoxy groups -OCH3 is 1. The molecule has 0 fully saturated rings. The molecule has 0 heterocycles. The summed E-state index contributed by atoms with van der Waals surface area (Å²) in [6.07, 6.45) is -0.624. The Hall–Kier alpha value is -2.14. The first-order valence-electron chi connectivity index (χ1n) is 8.37. The van der Waals surface area contributed by atoms with E-state index in [0.717, 1.165) is 5.39 Å².